The first-order valence-electron chi connectivity index (χ1n) is 6.13. The second-order valence-corrected chi connectivity index (χ2v) is 4.47. The van der Waals surface area contributed by atoms with Crippen LogP contribution >= 0.6 is 0 Å². The first-order chi connectivity index (χ1) is 9.93. The van der Waals surface area contributed by atoms with Crippen LogP contribution in [0.15, 0.2) is 30.3 Å². The summed E-state index contributed by atoms with van der Waals surface area (Å²) in [5, 5.41) is 2.22. The highest BCUT2D eigenvalue weighted by molar-refractivity contribution is 6.06. The molecule has 110 valence electrons. The number of hydrogen-bond donors (Lipinski definition) is 2. The van der Waals surface area contributed by atoms with E-state index in [1.165, 1.54) is 38.3 Å². The molecule has 0 aliphatic carbocycles. The van der Waals surface area contributed by atoms with Gasteiger partial charge in [0.1, 0.15) is 17.3 Å². The predicted molar refractivity (Wildman–Crippen MR) is 76.5 cm³/mol. The van der Waals surface area contributed by atoms with E-state index in [9.17, 15) is 13.6 Å². The van der Waals surface area contributed by atoms with Gasteiger partial charge in [0.15, 0.2) is 5.82 Å². The van der Waals surface area contributed by atoms with E-state index in [4.69, 9.17) is 10.5 Å². The zero-order chi connectivity index (χ0) is 15.6. The lowest BCUT2D eigenvalue weighted by atomic mass is 10.1. The number of halogens is 2. The number of nitrogens with one attached hydrogen (secondary N) is 1. The van der Waals surface area contributed by atoms with Crippen LogP contribution in [0.3, 0.4) is 0 Å². The first-order valence-corrected chi connectivity index (χ1v) is 6.13. The number of nitrogens with two attached hydrogens (primary N) is 1. The van der Waals surface area contributed by atoms with E-state index in [-0.39, 0.29) is 16.9 Å². The van der Waals surface area contributed by atoms with Gasteiger partial charge in [-0.05, 0) is 30.7 Å². The Morgan fingerprint density at radius 3 is 2.62 bits per heavy atom. The van der Waals surface area contributed by atoms with Gasteiger partial charge in [0.05, 0.1) is 12.7 Å². The molecule has 0 heterocycles. The van der Waals surface area contributed by atoms with Crippen molar-refractivity contribution in [1.82, 2.24) is 0 Å². The number of methoxy groups -OCH3 is 1. The van der Waals surface area contributed by atoms with E-state index in [1.807, 2.05) is 0 Å². The van der Waals surface area contributed by atoms with Crippen molar-refractivity contribution in [2.24, 2.45) is 0 Å². The Labute approximate surface area is 120 Å². The Kier molecular flexibility index (Phi) is 4.07. The zero-order valence-corrected chi connectivity index (χ0v) is 11.5. The minimum Gasteiger partial charge on any atom is -0.496 e. The summed E-state index contributed by atoms with van der Waals surface area (Å²) in [7, 11) is 1.37. The van der Waals surface area contributed by atoms with Crippen molar-refractivity contribution in [3.05, 3.63) is 53.1 Å². The van der Waals surface area contributed by atoms with Crippen LogP contribution in [0, 0.1) is 18.6 Å². The molecule has 0 aliphatic rings. The molecule has 2 aromatic rings. The predicted octanol–water partition coefficient (Wildman–Crippen LogP) is 3.12. The molecule has 0 atom stereocenters. The molecule has 0 saturated carbocycles. The molecule has 0 radical (unpaired) electrons. The Balaban J connectivity index is 2.37. The number of carbonyl (C=O) groups excluding carboxylic acids is 1. The van der Waals surface area contributed by atoms with Crippen LogP contribution < -0.4 is 15.8 Å². The summed E-state index contributed by atoms with van der Waals surface area (Å²) in [5.74, 6) is -2.12. The van der Waals surface area contributed by atoms with Crippen LogP contribution in [0.25, 0.3) is 0 Å². The summed E-state index contributed by atoms with van der Waals surface area (Å²) in [6.45, 7) is 1.48. The summed E-state index contributed by atoms with van der Waals surface area (Å²) in [6, 6.07) is 6.77. The summed E-state index contributed by atoms with van der Waals surface area (Å²) in [4.78, 5) is 12.2. The third-order valence-electron chi connectivity index (χ3n) is 2.99. The normalized spacial score (nSPS) is 10.3. The lowest BCUT2D eigenvalue weighted by Gasteiger charge is -2.12. The van der Waals surface area contributed by atoms with Gasteiger partial charge in [-0.2, -0.15) is 0 Å². The van der Waals surface area contributed by atoms with Crippen molar-refractivity contribution in [2.45, 2.75) is 6.92 Å². The highest BCUT2D eigenvalue weighted by Crippen LogP contribution is 2.25. The second-order valence-electron chi connectivity index (χ2n) is 4.47. The molecular formula is C15H14F2N2O2. The number of carbonyl (C=O) groups is 1. The molecule has 3 N–H and O–H groups in total. The number of aryl methyl sites for hydroxylation is 1. The van der Waals surface area contributed by atoms with E-state index in [1.54, 1.807) is 0 Å². The van der Waals surface area contributed by atoms with Gasteiger partial charge in [-0.1, -0.05) is 6.07 Å². The minimum absolute atomic E-state index is 0.131. The summed E-state index contributed by atoms with van der Waals surface area (Å²) >= 11 is 0. The molecule has 0 saturated heterocycles. The lowest BCUT2D eigenvalue weighted by Crippen LogP contribution is -2.16. The van der Waals surface area contributed by atoms with Crippen LogP contribution in [0.2, 0.25) is 0 Å². The SMILES string of the molecule is COc1cc(N)ccc1C(=O)Nc1c(F)ccc(C)c1F. The smallest absolute Gasteiger partial charge is 0.259 e. The van der Waals surface area contributed by atoms with Crippen molar-refractivity contribution in [3.8, 4) is 5.75 Å². The topological polar surface area (TPSA) is 64.3 Å². The van der Waals surface area contributed by atoms with Gasteiger partial charge in [0.2, 0.25) is 0 Å². The third-order valence-corrected chi connectivity index (χ3v) is 2.99. The van der Waals surface area contributed by atoms with Gasteiger partial charge >= 0.3 is 0 Å². The van der Waals surface area contributed by atoms with Crippen molar-refractivity contribution in [3.63, 3.8) is 0 Å². The molecule has 1 amide bonds. The largest absolute Gasteiger partial charge is 0.496 e. The maximum Gasteiger partial charge on any atom is 0.259 e. The fourth-order valence-corrected chi connectivity index (χ4v) is 1.85. The van der Waals surface area contributed by atoms with E-state index < -0.39 is 23.2 Å². The van der Waals surface area contributed by atoms with Crippen LogP contribution in [0.4, 0.5) is 20.2 Å². The highest BCUT2D eigenvalue weighted by Gasteiger charge is 2.18. The number of rotatable bonds is 3. The maximum atomic E-state index is 13.9. The molecule has 0 aliphatic heterocycles. The average molecular weight is 292 g/mol. The lowest BCUT2D eigenvalue weighted by molar-refractivity contribution is 0.102. The van der Waals surface area contributed by atoms with Crippen molar-refractivity contribution in [1.29, 1.82) is 0 Å². The molecule has 0 aromatic heterocycles. The molecule has 0 bridgehead atoms. The van der Waals surface area contributed by atoms with Crippen LogP contribution in [-0.2, 0) is 0 Å². The highest BCUT2D eigenvalue weighted by atomic mass is 19.1. The van der Waals surface area contributed by atoms with Crippen molar-refractivity contribution < 1.29 is 18.3 Å². The average Bonchev–Trinajstić information content (AvgIpc) is 2.47. The molecule has 0 unspecified atom stereocenters. The number of hydrogen-bond acceptors (Lipinski definition) is 3. The van der Waals surface area contributed by atoms with Crippen LogP contribution in [-0.4, -0.2) is 13.0 Å². The summed E-state index contributed by atoms with van der Waals surface area (Å²) in [5.41, 5.74) is 5.88. The Hall–Kier alpha value is -2.63. The number of benzene rings is 2. The molecule has 0 fully saturated rings. The number of amides is 1. The zero-order valence-electron chi connectivity index (χ0n) is 11.5. The summed E-state index contributed by atoms with van der Waals surface area (Å²) < 4.78 is 32.6. The van der Waals surface area contributed by atoms with E-state index >= 15 is 0 Å². The van der Waals surface area contributed by atoms with Crippen molar-refractivity contribution >= 4 is 17.3 Å². The van der Waals surface area contributed by atoms with Gasteiger partial charge in [0.25, 0.3) is 5.91 Å². The number of nitrogen functional groups attached to an aromatic ring is 1. The quantitative estimate of drug-likeness (QED) is 0.854. The first kappa shape index (κ1) is 14.8. The van der Waals surface area contributed by atoms with Gasteiger partial charge in [0, 0.05) is 11.8 Å². The Morgan fingerprint density at radius 2 is 1.95 bits per heavy atom. The monoisotopic (exact) mass is 292 g/mol. The maximum absolute atomic E-state index is 13.9. The Bertz CT molecular complexity index is 702. The Morgan fingerprint density at radius 1 is 1.24 bits per heavy atom. The molecule has 2 rings (SSSR count). The molecule has 4 nitrogen and oxygen atoms in total. The van der Waals surface area contributed by atoms with Crippen LogP contribution in [0.5, 0.6) is 5.75 Å². The van der Waals surface area contributed by atoms with Gasteiger partial charge in [-0.3, -0.25) is 4.79 Å². The fraction of sp³-hybridized carbons (Fsp3) is 0.133. The minimum atomic E-state index is -0.846. The number of anilines is 2. The molecule has 0 spiro atoms. The molecule has 21 heavy (non-hydrogen) atoms. The number of ether oxygens (including phenoxy) is 1. The third kappa shape index (κ3) is 2.94. The molecule has 2 aromatic carbocycles. The van der Waals surface area contributed by atoms with Gasteiger partial charge in [-0.25, -0.2) is 8.78 Å². The summed E-state index contributed by atoms with van der Waals surface area (Å²) in [6.07, 6.45) is 0. The van der Waals surface area contributed by atoms with E-state index in [0.29, 0.717) is 5.69 Å². The van der Waals surface area contributed by atoms with Gasteiger partial charge < -0.3 is 15.8 Å². The second kappa shape index (κ2) is 5.78. The molecule has 6 heteroatoms. The molecular weight excluding hydrogens is 278 g/mol. The fourth-order valence-electron chi connectivity index (χ4n) is 1.85. The van der Waals surface area contributed by atoms with E-state index in [2.05, 4.69) is 5.32 Å². The van der Waals surface area contributed by atoms with Crippen molar-refractivity contribution in [2.75, 3.05) is 18.2 Å². The van der Waals surface area contributed by atoms with Gasteiger partial charge in [-0.15, -0.1) is 0 Å². The van der Waals surface area contributed by atoms with Crippen LogP contribution in [0.1, 0.15) is 15.9 Å². The standard InChI is InChI=1S/C15H14F2N2O2/c1-8-3-6-11(16)14(13(8)17)19-15(20)10-5-4-9(18)7-12(10)21-2/h3-7H,18H2,1-2H3,(H,19,20). The van der Waals surface area contributed by atoms with E-state index in [0.717, 1.165) is 6.07 Å².